The highest BCUT2D eigenvalue weighted by molar-refractivity contribution is 7.22. The van der Waals surface area contributed by atoms with E-state index in [9.17, 15) is 14.7 Å². The number of aryl methyl sites for hydroxylation is 2. The van der Waals surface area contributed by atoms with Crippen LogP contribution in [0.3, 0.4) is 0 Å². The lowest BCUT2D eigenvalue weighted by Gasteiger charge is -2.23. The van der Waals surface area contributed by atoms with Gasteiger partial charge in [-0.15, -0.1) is 0 Å². The number of amides is 1. The molecule has 1 saturated heterocycles. The molecule has 5 rings (SSSR count). The summed E-state index contributed by atoms with van der Waals surface area (Å²) in [6.45, 7) is 6.35. The minimum atomic E-state index is -0.849. The third kappa shape index (κ3) is 3.98. The fourth-order valence-corrected chi connectivity index (χ4v) is 5.67. The molecule has 0 spiro atoms. The van der Waals surface area contributed by atoms with E-state index in [0.29, 0.717) is 28.6 Å². The number of aromatic nitrogens is 1. The fraction of sp³-hybridized carbons (Fsp3) is 0.179. The Bertz CT molecular complexity index is 1490. The average Bonchev–Trinajstić information content (AvgIpc) is 3.38. The molecule has 2 heterocycles. The van der Waals surface area contributed by atoms with E-state index in [1.807, 2.05) is 57.2 Å². The summed E-state index contributed by atoms with van der Waals surface area (Å²) in [6, 6.07) is 19.3. The standard InChI is InChI=1S/C28H24N2O4S/c1-4-34-20-12-8-11-19(15-20)24-22(25(31)18-9-6-5-7-10-18)26(32)27(33)30(24)28-29-23-17(3)13-16(2)14-21(23)35-28/h5-15,24,31H,4H2,1-3H3/b25-22+. The van der Waals surface area contributed by atoms with E-state index in [1.54, 1.807) is 30.3 Å². The summed E-state index contributed by atoms with van der Waals surface area (Å²) in [5.41, 5.74) is 4.03. The number of anilines is 1. The van der Waals surface area contributed by atoms with Crippen molar-refractivity contribution in [2.75, 3.05) is 11.5 Å². The Morgan fingerprint density at radius 2 is 1.83 bits per heavy atom. The summed E-state index contributed by atoms with van der Waals surface area (Å²) in [5.74, 6) is -1.06. The smallest absolute Gasteiger partial charge is 0.301 e. The quantitative estimate of drug-likeness (QED) is 0.215. The van der Waals surface area contributed by atoms with Crippen molar-refractivity contribution in [3.8, 4) is 5.75 Å². The Hall–Kier alpha value is -3.97. The molecule has 4 aromatic rings. The van der Waals surface area contributed by atoms with E-state index in [1.165, 1.54) is 16.2 Å². The van der Waals surface area contributed by atoms with E-state index in [2.05, 4.69) is 0 Å². The number of carbonyl (C=O) groups is 2. The maximum absolute atomic E-state index is 13.4. The van der Waals surface area contributed by atoms with Crippen LogP contribution >= 0.6 is 11.3 Å². The number of fused-ring (bicyclic) bond motifs is 1. The van der Waals surface area contributed by atoms with Crippen molar-refractivity contribution >= 4 is 44.1 Å². The van der Waals surface area contributed by atoms with E-state index in [4.69, 9.17) is 9.72 Å². The van der Waals surface area contributed by atoms with Gasteiger partial charge in [0.2, 0.25) is 0 Å². The van der Waals surface area contributed by atoms with Gasteiger partial charge < -0.3 is 9.84 Å². The number of aliphatic hydroxyl groups is 1. The molecule has 1 unspecified atom stereocenters. The summed E-state index contributed by atoms with van der Waals surface area (Å²) in [7, 11) is 0. The van der Waals surface area contributed by atoms with Gasteiger partial charge in [0.25, 0.3) is 5.78 Å². The van der Waals surface area contributed by atoms with Gasteiger partial charge in [0.15, 0.2) is 5.13 Å². The van der Waals surface area contributed by atoms with E-state index in [-0.39, 0.29) is 11.3 Å². The summed E-state index contributed by atoms with van der Waals surface area (Å²) < 4.78 is 6.61. The molecule has 176 valence electrons. The maximum atomic E-state index is 13.4. The first-order valence-electron chi connectivity index (χ1n) is 11.4. The van der Waals surface area contributed by atoms with Crippen LogP contribution in [0.5, 0.6) is 5.75 Å². The van der Waals surface area contributed by atoms with Crippen LogP contribution in [0.2, 0.25) is 0 Å². The number of aliphatic hydroxyl groups excluding tert-OH is 1. The third-order valence-electron chi connectivity index (χ3n) is 6.00. The zero-order valence-corrected chi connectivity index (χ0v) is 20.4. The van der Waals surface area contributed by atoms with Crippen molar-refractivity contribution < 1.29 is 19.4 Å². The topological polar surface area (TPSA) is 79.7 Å². The van der Waals surface area contributed by atoms with E-state index in [0.717, 1.165) is 21.3 Å². The number of hydrogen-bond donors (Lipinski definition) is 1. The Kier molecular flexibility index (Phi) is 5.86. The highest BCUT2D eigenvalue weighted by Crippen LogP contribution is 2.45. The predicted molar refractivity (Wildman–Crippen MR) is 138 cm³/mol. The van der Waals surface area contributed by atoms with Gasteiger partial charge in [0.05, 0.1) is 28.4 Å². The number of hydrogen-bond acceptors (Lipinski definition) is 6. The molecule has 1 aliphatic heterocycles. The van der Waals surface area contributed by atoms with Gasteiger partial charge >= 0.3 is 5.91 Å². The molecule has 1 amide bonds. The van der Waals surface area contributed by atoms with Crippen LogP contribution in [0.25, 0.3) is 16.0 Å². The molecule has 1 fully saturated rings. The van der Waals surface area contributed by atoms with Gasteiger partial charge in [0.1, 0.15) is 11.5 Å². The molecule has 0 radical (unpaired) electrons. The van der Waals surface area contributed by atoms with Crippen LogP contribution in [-0.4, -0.2) is 28.4 Å². The van der Waals surface area contributed by atoms with Crippen molar-refractivity contribution in [2.24, 2.45) is 0 Å². The van der Waals surface area contributed by atoms with Crippen molar-refractivity contribution in [1.29, 1.82) is 0 Å². The number of carbonyl (C=O) groups excluding carboxylic acids is 2. The first-order chi connectivity index (χ1) is 16.9. The van der Waals surface area contributed by atoms with E-state index < -0.39 is 17.7 Å². The fourth-order valence-electron chi connectivity index (χ4n) is 4.50. The normalized spacial score (nSPS) is 17.3. The second-order valence-electron chi connectivity index (χ2n) is 8.47. The van der Waals surface area contributed by atoms with Gasteiger partial charge in [-0.1, -0.05) is 59.9 Å². The summed E-state index contributed by atoms with van der Waals surface area (Å²) in [5, 5.41) is 11.6. The number of ketones is 1. The maximum Gasteiger partial charge on any atom is 0.301 e. The highest BCUT2D eigenvalue weighted by Gasteiger charge is 2.48. The molecule has 0 saturated carbocycles. The minimum absolute atomic E-state index is 0.0296. The molecule has 1 N–H and O–H groups in total. The molecular formula is C28H24N2O4S. The Morgan fingerprint density at radius 1 is 1.06 bits per heavy atom. The second-order valence-corrected chi connectivity index (χ2v) is 9.47. The van der Waals surface area contributed by atoms with Crippen LogP contribution in [-0.2, 0) is 9.59 Å². The van der Waals surface area contributed by atoms with Gasteiger partial charge in [-0.2, -0.15) is 0 Å². The largest absolute Gasteiger partial charge is 0.507 e. The van der Waals surface area contributed by atoms with E-state index >= 15 is 0 Å². The van der Waals surface area contributed by atoms with Crippen molar-refractivity contribution in [3.63, 3.8) is 0 Å². The van der Waals surface area contributed by atoms with Crippen LogP contribution < -0.4 is 9.64 Å². The molecule has 3 aromatic carbocycles. The summed E-state index contributed by atoms with van der Waals surface area (Å²) in [6.07, 6.45) is 0. The van der Waals surface area contributed by atoms with Crippen LogP contribution in [0.15, 0.2) is 72.3 Å². The number of benzene rings is 3. The van der Waals surface area contributed by atoms with Crippen LogP contribution in [0, 0.1) is 13.8 Å². The SMILES string of the molecule is CCOc1cccc(C2/C(=C(\O)c3ccccc3)C(=O)C(=O)N2c2nc3c(C)cc(C)cc3s2)c1. The lowest BCUT2D eigenvalue weighted by atomic mass is 9.95. The zero-order chi connectivity index (χ0) is 24.7. The third-order valence-corrected chi connectivity index (χ3v) is 7.00. The first-order valence-corrected chi connectivity index (χ1v) is 12.2. The zero-order valence-electron chi connectivity index (χ0n) is 19.6. The monoisotopic (exact) mass is 484 g/mol. The molecule has 0 bridgehead atoms. The van der Waals surface area contributed by atoms with Crippen LogP contribution in [0.4, 0.5) is 5.13 Å². The number of thiazole rings is 1. The van der Waals surface area contributed by atoms with Crippen molar-refractivity contribution in [2.45, 2.75) is 26.8 Å². The number of ether oxygens (including phenoxy) is 1. The molecule has 6 nitrogen and oxygen atoms in total. The Morgan fingerprint density at radius 3 is 2.57 bits per heavy atom. The summed E-state index contributed by atoms with van der Waals surface area (Å²) in [4.78, 5) is 33.0. The molecule has 1 aromatic heterocycles. The molecular weight excluding hydrogens is 460 g/mol. The molecule has 7 heteroatoms. The molecule has 0 aliphatic carbocycles. The highest BCUT2D eigenvalue weighted by atomic mass is 32.1. The molecule has 1 atom stereocenters. The van der Waals surface area contributed by atoms with Gasteiger partial charge in [-0.25, -0.2) is 4.98 Å². The Labute approximate surface area is 207 Å². The molecule has 35 heavy (non-hydrogen) atoms. The lowest BCUT2D eigenvalue weighted by Crippen LogP contribution is -2.29. The van der Waals surface area contributed by atoms with Crippen molar-refractivity contribution in [1.82, 2.24) is 4.98 Å². The predicted octanol–water partition coefficient (Wildman–Crippen LogP) is 5.94. The average molecular weight is 485 g/mol. The van der Waals surface area contributed by atoms with Gasteiger partial charge in [-0.05, 0) is 55.7 Å². The molecule has 1 aliphatic rings. The van der Waals surface area contributed by atoms with Gasteiger partial charge in [0, 0.05) is 5.56 Å². The van der Waals surface area contributed by atoms with Crippen LogP contribution in [0.1, 0.15) is 35.2 Å². The second kappa shape index (κ2) is 9.00. The summed E-state index contributed by atoms with van der Waals surface area (Å²) >= 11 is 1.36. The first kappa shape index (κ1) is 22.8. The lowest BCUT2D eigenvalue weighted by molar-refractivity contribution is -0.132. The Balaban J connectivity index is 1.74. The number of rotatable bonds is 5. The number of Topliss-reactive ketones (excluding diaryl/α,β-unsaturated/α-hetero) is 1. The minimum Gasteiger partial charge on any atom is -0.507 e. The number of nitrogens with zero attached hydrogens (tertiary/aromatic N) is 2. The van der Waals surface area contributed by atoms with Crippen molar-refractivity contribution in [3.05, 3.63) is 94.6 Å². The van der Waals surface area contributed by atoms with Gasteiger partial charge in [-0.3, -0.25) is 14.5 Å².